The van der Waals surface area contributed by atoms with Gasteiger partial charge in [0.2, 0.25) is 11.8 Å². The van der Waals surface area contributed by atoms with E-state index in [0.29, 0.717) is 22.5 Å². The molecule has 2 rings (SSSR count). The molecular formula is C11H10BrClN4O. The molecule has 0 atom stereocenters. The summed E-state index contributed by atoms with van der Waals surface area (Å²) in [4.78, 5) is 7.94. The maximum absolute atomic E-state index is 6.05. The average molecular weight is 330 g/mol. The molecule has 2 aromatic rings. The molecule has 0 saturated carbocycles. The highest BCUT2D eigenvalue weighted by atomic mass is 79.9. The Labute approximate surface area is 117 Å². The van der Waals surface area contributed by atoms with Gasteiger partial charge in [0.25, 0.3) is 0 Å². The van der Waals surface area contributed by atoms with Crippen LogP contribution >= 0.6 is 27.5 Å². The zero-order valence-corrected chi connectivity index (χ0v) is 11.8. The van der Waals surface area contributed by atoms with Crippen molar-refractivity contribution in [1.29, 1.82) is 0 Å². The topological polar surface area (TPSA) is 73.1 Å². The van der Waals surface area contributed by atoms with Crippen molar-refractivity contribution >= 4 is 39.3 Å². The van der Waals surface area contributed by atoms with E-state index >= 15 is 0 Å². The second kappa shape index (κ2) is 5.41. The first-order valence-corrected chi connectivity index (χ1v) is 6.21. The van der Waals surface area contributed by atoms with Crippen molar-refractivity contribution in [1.82, 2.24) is 9.97 Å². The van der Waals surface area contributed by atoms with E-state index < -0.39 is 0 Å². The maximum Gasteiger partial charge on any atom is 0.226 e. The van der Waals surface area contributed by atoms with Crippen LogP contribution in [-0.4, -0.2) is 17.0 Å². The summed E-state index contributed by atoms with van der Waals surface area (Å²) in [6.45, 7) is 0. The van der Waals surface area contributed by atoms with Gasteiger partial charge in [-0.05, 0) is 18.2 Å². The van der Waals surface area contributed by atoms with Crippen molar-refractivity contribution in [2.45, 2.75) is 0 Å². The summed E-state index contributed by atoms with van der Waals surface area (Å²) < 4.78 is 6.44. The van der Waals surface area contributed by atoms with E-state index in [1.165, 1.54) is 0 Å². The van der Waals surface area contributed by atoms with Gasteiger partial charge < -0.3 is 15.8 Å². The molecule has 0 aliphatic rings. The molecular weight excluding hydrogens is 320 g/mol. The molecule has 0 saturated heterocycles. The standard InChI is InChI=1S/C11H10BrClN4O/c1-15-9-5-10(17-11(14)16-9)18-8-3-2-6(12)4-7(8)13/h2-5H,1H3,(H3,14,15,16,17). The zero-order chi connectivity index (χ0) is 13.1. The van der Waals surface area contributed by atoms with Gasteiger partial charge in [-0.2, -0.15) is 9.97 Å². The molecule has 0 unspecified atom stereocenters. The van der Waals surface area contributed by atoms with Crippen molar-refractivity contribution < 1.29 is 4.74 Å². The van der Waals surface area contributed by atoms with Gasteiger partial charge in [0.15, 0.2) is 0 Å². The smallest absolute Gasteiger partial charge is 0.226 e. The van der Waals surface area contributed by atoms with Gasteiger partial charge in [0.05, 0.1) is 5.02 Å². The summed E-state index contributed by atoms with van der Waals surface area (Å²) in [5, 5.41) is 3.35. The summed E-state index contributed by atoms with van der Waals surface area (Å²) in [6.07, 6.45) is 0. The molecule has 0 amide bonds. The number of hydrogen-bond donors (Lipinski definition) is 2. The highest BCUT2D eigenvalue weighted by Gasteiger charge is 2.07. The molecule has 1 heterocycles. The third-order valence-electron chi connectivity index (χ3n) is 2.08. The fourth-order valence-electron chi connectivity index (χ4n) is 1.29. The van der Waals surface area contributed by atoms with Gasteiger partial charge in [-0.15, -0.1) is 0 Å². The van der Waals surface area contributed by atoms with Crippen LogP contribution in [0.1, 0.15) is 0 Å². The predicted octanol–water partition coefficient (Wildman–Crippen LogP) is 3.31. The largest absolute Gasteiger partial charge is 0.437 e. The van der Waals surface area contributed by atoms with Crippen LogP contribution in [-0.2, 0) is 0 Å². The van der Waals surface area contributed by atoms with E-state index in [1.807, 2.05) is 6.07 Å². The second-order valence-electron chi connectivity index (χ2n) is 3.38. The Morgan fingerprint density at radius 2 is 2.11 bits per heavy atom. The number of hydrogen-bond acceptors (Lipinski definition) is 5. The second-order valence-corrected chi connectivity index (χ2v) is 4.70. The third kappa shape index (κ3) is 3.02. The van der Waals surface area contributed by atoms with E-state index in [4.69, 9.17) is 22.1 Å². The molecule has 3 N–H and O–H groups in total. The summed E-state index contributed by atoms with van der Waals surface area (Å²) in [6, 6.07) is 6.93. The van der Waals surface area contributed by atoms with Crippen LogP contribution in [0.25, 0.3) is 0 Å². The highest BCUT2D eigenvalue weighted by Crippen LogP contribution is 2.31. The first kappa shape index (κ1) is 12.9. The fourth-order valence-corrected chi connectivity index (χ4v) is 2.01. The molecule has 5 nitrogen and oxygen atoms in total. The lowest BCUT2D eigenvalue weighted by Crippen LogP contribution is -2.01. The number of nitrogens with one attached hydrogen (secondary N) is 1. The van der Waals surface area contributed by atoms with Crippen LogP contribution in [0.5, 0.6) is 11.6 Å². The Bertz CT molecular complexity index is 579. The van der Waals surface area contributed by atoms with Crippen LogP contribution in [0.4, 0.5) is 11.8 Å². The lowest BCUT2D eigenvalue weighted by molar-refractivity contribution is 0.463. The summed E-state index contributed by atoms with van der Waals surface area (Å²) >= 11 is 9.37. The van der Waals surface area contributed by atoms with Crippen LogP contribution in [0.2, 0.25) is 5.02 Å². The number of ether oxygens (including phenoxy) is 1. The minimum atomic E-state index is 0.130. The van der Waals surface area contributed by atoms with Crippen molar-refractivity contribution in [2.24, 2.45) is 0 Å². The lowest BCUT2D eigenvalue weighted by Gasteiger charge is -2.08. The number of nitrogens with zero attached hydrogens (tertiary/aromatic N) is 2. The normalized spacial score (nSPS) is 10.2. The van der Waals surface area contributed by atoms with Gasteiger partial charge in [-0.1, -0.05) is 27.5 Å². The Morgan fingerprint density at radius 1 is 1.33 bits per heavy atom. The van der Waals surface area contributed by atoms with E-state index in [2.05, 4.69) is 31.2 Å². The van der Waals surface area contributed by atoms with Crippen molar-refractivity contribution in [3.63, 3.8) is 0 Å². The monoisotopic (exact) mass is 328 g/mol. The number of aromatic nitrogens is 2. The molecule has 0 radical (unpaired) electrons. The molecule has 0 aliphatic carbocycles. The van der Waals surface area contributed by atoms with Gasteiger partial charge in [-0.25, -0.2) is 0 Å². The van der Waals surface area contributed by atoms with E-state index in [1.54, 1.807) is 25.2 Å². The minimum Gasteiger partial charge on any atom is -0.437 e. The summed E-state index contributed by atoms with van der Waals surface area (Å²) in [5.41, 5.74) is 5.57. The van der Waals surface area contributed by atoms with E-state index in [9.17, 15) is 0 Å². The number of nitrogens with two attached hydrogens (primary N) is 1. The Morgan fingerprint density at radius 3 is 2.78 bits per heavy atom. The molecule has 0 aliphatic heterocycles. The van der Waals surface area contributed by atoms with Crippen molar-refractivity contribution in [2.75, 3.05) is 18.1 Å². The van der Waals surface area contributed by atoms with Gasteiger partial charge in [0, 0.05) is 17.6 Å². The van der Waals surface area contributed by atoms with E-state index in [0.717, 1.165) is 4.47 Å². The Hall–Kier alpha value is -1.53. The molecule has 1 aromatic carbocycles. The number of anilines is 2. The number of halogens is 2. The van der Waals surface area contributed by atoms with Crippen LogP contribution in [0.15, 0.2) is 28.7 Å². The zero-order valence-electron chi connectivity index (χ0n) is 9.45. The Balaban J connectivity index is 2.30. The molecule has 0 spiro atoms. The van der Waals surface area contributed by atoms with Crippen LogP contribution in [0.3, 0.4) is 0 Å². The molecule has 7 heteroatoms. The van der Waals surface area contributed by atoms with Gasteiger partial charge in [0.1, 0.15) is 11.6 Å². The molecule has 0 bridgehead atoms. The maximum atomic E-state index is 6.05. The summed E-state index contributed by atoms with van der Waals surface area (Å²) in [5.74, 6) is 1.53. The highest BCUT2D eigenvalue weighted by molar-refractivity contribution is 9.10. The first-order chi connectivity index (χ1) is 8.58. The molecule has 18 heavy (non-hydrogen) atoms. The van der Waals surface area contributed by atoms with Gasteiger partial charge >= 0.3 is 0 Å². The van der Waals surface area contributed by atoms with Crippen molar-refractivity contribution in [3.8, 4) is 11.6 Å². The van der Waals surface area contributed by atoms with Crippen molar-refractivity contribution in [3.05, 3.63) is 33.8 Å². The van der Waals surface area contributed by atoms with Crippen LogP contribution in [0, 0.1) is 0 Å². The predicted molar refractivity (Wildman–Crippen MR) is 75.2 cm³/mol. The molecule has 1 aromatic heterocycles. The SMILES string of the molecule is CNc1cc(Oc2ccc(Br)cc2Cl)nc(N)n1. The van der Waals surface area contributed by atoms with Gasteiger partial charge in [-0.3, -0.25) is 0 Å². The number of nitrogen functional groups attached to an aromatic ring is 1. The minimum absolute atomic E-state index is 0.130. The first-order valence-electron chi connectivity index (χ1n) is 5.03. The quantitative estimate of drug-likeness (QED) is 0.904. The average Bonchev–Trinajstić information content (AvgIpc) is 2.32. The molecule has 0 fully saturated rings. The lowest BCUT2D eigenvalue weighted by atomic mass is 10.3. The fraction of sp³-hybridized carbons (Fsp3) is 0.0909. The molecule has 94 valence electrons. The number of benzene rings is 1. The summed E-state index contributed by atoms with van der Waals surface area (Å²) in [7, 11) is 1.73. The Kier molecular flexibility index (Phi) is 3.88. The van der Waals surface area contributed by atoms with Crippen LogP contribution < -0.4 is 15.8 Å². The number of rotatable bonds is 3. The van der Waals surface area contributed by atoms with E-state index in [-0.39, 0.29) is 5.95 Å². The third-order valence-corrected chi connectivity index (χ3v) is 2.87.